The molecule has 4 amide bonds. The molecule has 2 saturated heterocycles. The minimum Gasteiger partial charge on any atom is -0.463 e. The molecule has 41 heavy (non-hydrogen) atoms. The van der Waals surface area contributed by atoms with Gasteiger partial charge in [-0.25, -0.2) is 14.6 Å². The minimum atomic E-state index is -1.42. The number of nitrogens with zero attached hydrogens (tertiary/aromatic N) is 2. The molecule has 3 aliphatic carbocycles. The van der Waals surface area contributed by atoms with E-state index in [4.69, 9.17) is 4.74 Å². The summed E-state index contributed by atoms with van der Waals surface area (Å²) in [5, 5.41) is 0. The van der Waals surface area contributed by atoms with E-state index in [1.54, 1.807) is 32.9 Å². The van der Waals surface area contributed by atoms with Crippen molar-refractivity contribution in [2.24, 2.45) is 35.0 Å². The number of amides is 4. The van der Waals surface area contributed by atoms with Crippen LogP contribution in [0.25, 0.3) is 0 Å². The lowest BCUT2D eigenvalue weighted by Gasteiger charge is -2.55. The first-order valence-corrected chi connectivity index (χ1v) is 14.1. The molecule has 0 aromatic heterocycles. The van der Waals surface area contributed by atoms with Crippen LogP contribution in [-0.4, -0.2) is 36.2 Å². The first-order chi connectivity index (χ1) is 19.4. The fourth-order valence-electron chi connectivity index (χ4n) is 8.20. The topological polar surface area (TPSA) is 101 Å². The third-order valence-corrected chi connectivity index (χ3v) is 9.89. The van der Waals surface area contributed by atoms with E-state index in [2.05, 4.69) is 0 Å². The Morgan fingerprint density at radius 2 is 1.17 bits per heavy atom. The van der Waals surface area contributed by atoms with Crippen molar-refractivity contribution in [2.75, 3.05) is 16.4 Å². The van der Waals surface area contributed by atoms with Gasteiger partial charge in [0, 0.05) is 16.9 Å². The zero-order chi connectivity index (χ0) is 29.7. The number of hydrogen-bond donors (Lipinski definition) is 0. The first kappa shape index (κ1) is 27.1. The summed E-state index contributed by atoms with van der Waals surface area (Å²) in [4.78, 5) is 73.3. The molecule has 2 heterocycles. The summed E-state index contributed by atoms with van der Waals surface area (Å²) in [7, 11) is 0. The molecule has 7 rings (SSSR count). The predicted octanol–water partition coefficient (Wildman–Crippen LogP) is 4.36. The van der Waals surface area contributed by atoms with Crippen LogP contribution in [0.4, 0.5) is 11.4 Å². The molecule has 2 aromatic carbocycles. The summed E-state index contributed by atoms with van der Waals surface area (Å²) in [5.74, 6) is -6.79. The summed E-state index contributed by atoms with van der Waals surface area (Å²) in [6.45, 7) is 12.7. The Hall–Kier alpha value is -4.07. The Morgan fingerprint density at radius 1 is 0.732 bits per heavy atom. The summed E-state index contributed by atoms with van der Waals surface area (Å²) >= 11 is 0. The van der Waals surface area contributed by atoms with Crippen molar-refractivity contribution in [3.63, 3.8) is 0 Å². The van der Waals surface area contributed by atoms with Gasteiger partial charge < -0.3 is 4.74 Å². The van der Waals surface area contributed by atoms with Gasteiger partial charge in [-0.1, -0.05) is 36.8 Å². The zero-order valence-electron chi connectivity index (χ0n) is 24.4. The number of rotatable bonds is 4. The van der Waals surface area contributed by atoms with Crippen molar-refractivity contribution in [1.82, 2.24) is 0 Å². The van der Waals surface area contributed by atoms with E-state index in [1.807, 2.05) is 52.0 Å². The Kier molecular flexibility index (Phi) is 5.93. The highest BCUT2D eigenvalue weighted by molar-refractivity contribution is 6.28. The molecule has 2 bridgehead atoms. The summed E-state index contributed by atoms with van der Waals surface area (Å²) in [6, 6.07) is 11.2. The maximum Gasteiger partial charge on any atom is 0.334 e. The maximum absolute atomic E-state index is 14.4. The number of allylic oxidation sites excluding steroid dienone is 1. The average molecular weight is 555 g/mol. The Balaban J connectivity index is 1.57. The van der Waals surface area contributed by atoms with Crippen LogP contribution in [0.1, 0.15) is 43.0 Å². The molecule has 0 N–H and O–H groups in total. The number of hydrogen-bond acceptors (Lipinski definition) is 6. The second kappa shape index (κ2) is 8.96. The van der Waals surface area contributed by atoms with E-state index in [1.165, 1.54) is 9.80 Å². The monoisotopic (exact) mass is 554 g/mol. The molecule has 0 spiro atoms. The largest absolute Gasteiger partial charge is 0.463 e. The molecule has 5 aliphatic rings. The number of carbonyl (C=O) groups excluding carboxylic acids is 5. The fourth-order valence-corrected chi connectivity index (χ4v) is 8.20. The second-order valence-corrected chi connectivity index (χ2v) is 12.2. The van der Waals surface area contributed by atoms with Crippen molar-refractivity contribution < 1.29 is 28.7 Å². The van der Waals surface area contributed by atoms with Crippen LogP contribution in [0.15, 0.2) is 47.5 Å². The number of imide groups is 2. The molecule has 6 atom stereocenters. The second-order valence-electron chi connectivity index (χ2n) is 12.2. The van der Waals surface area contributed by atoms with Gasteiger partial charge in [0.05, 0.1) is 41.7 Å². The third kappa shape index (κ3) is 3.36. The molecule has 2 aromatic rings. The lowest BCUT2D eigenvalue weighted by atomic mass is 9.43. The molecular weight excluding hydrogens is 520 g/mol. The average Bonchev–Trinajstić information content (AvgIpc) is 3.33. The van der Waals surface area contributed by atoms with E-state index in [-0.39, 0.29) is 12.2 Å². The zero-order valence-corrected chi connectivity index (χ0v) is 24.4. The van der Waals surface area contributed by atoms with Crippen LogP contribution < -0.4 is 9.80 Å². The van der Waals surface area contributed by atoms with Crippen LogP contribution in [0, 0.1) is 62.7 Å². The molecule has 8 nitrogen and oxygen atoms in total. The van der Waals surface area contributed by atoms with E-state index in [0.29, 0.717) is 16.9 Å². The smallest absolute Gasteiger partial charge is 0.334 e. The van der Waals surface area contributed by atoms with Gasteiger partial charge in [0.15, 0.2) is 0 Å². The molecule has 1 saturated carbocycles. The fraction of sp³-hybridized carbons (Fsp3) is 0.424. The van der Waals surface area contributed by atoms with Crippen molar-refractivity contribution in [3.05, 3.63) is 69.8 Å². The van der Waals surface area contributed by atoms with E-state index in [9.17, 15) is 24.0 Å². The van der Waals surface area contributed by atoms with E-state index < -0.39 is 64.6 Å². The summed E-state index contributed by atoms with van der Waals surface area (Å²) < 4.78 is 5.47. The third-order valence-electron chi connectivity index (χ3n) is 9.89. The van der Waals surface area contributed by atoms with Crippen molar-refractivity contribution in [2.45, 2.75) is 48.5 Å². The van der Waals surface area contributed by atoms with Crippen LogP contribution in [0.2, 0.25) is 0 Å². The van der Waals surface area contributed by atoms with Crippen molar-refractivity contribution >= 4 is 41.0 Å². The highest BCUT2D eigenvalue weighted by atomic mass is 16.5. The van der Waals surface area contributed by atoms with E-state index in [0.717, 1.165) is 22.3 Å². The minimum absolute atomic E-state index is 0.113. The van der Waals surface area contributed by atoms with Crippen LogP contribution in [-0.2, 0) is 28.7 Å². The number of esters is 1. The number of aryl methyl sites for hydroxylation is 4. The van der Waals surface area contributed by atoms with Gasteiger partial charge in [0.2, 0.25) is 23.6 Å². The number of ether oxygens (including phenoxy) is 1. The normalized spacial score (nSPS) is 30.4. The Morgan fingerprint density at radius 3 is 1.59 bits per heavy atom. The first-order valence-electron chi connectivity index (χ1n) is 14.1. The van der Waals surface area contributed by atoms with Gasteiger partial charge in [0.1, 0.15) is 0 Å². The van der Waals surface area contributed by atoms with Gasteiger partial charge in [-0.3, -0.25) is 19.2 Å². The molecule has 0 radical (unpaired) electrons. The number of benzene rings is 2. The molecule has 2 unspecified atom stereocenters. The summed E-state index contributed by atoms with van der Waals surface area (Å²) in [5.41, 5.74) is 3.68. The highest BCUT2D eigenvalue weighted by Gasteiger charge is 2.77. The number of anilines is 2. The standard InChI is InChI=1S/C33H34N2O6/c1-8-41-32(40)25-19(6)22-23-26(30(38)34(28(23)36)20-13-15(2)9-11-17(20)4)33(25,7)27-24(22)29(37)35(31(27)39)21-14-16(3)10-12-18(21)5/h9-14,22-24,26-27H,8H2,1-7H3/t22?,23-,24+,26-,27+,33?. The predicted molar refractivity (Wildman–Crippen MR) is 152 cm³/mol. The van der Waals surface area contributed by atoms with E-state index >= 15 is 0 Å². The van der Waals surface area contributed by atoms with Crippen molar-refractivity contribution in [1.29, 1.82) is 0 Å². The number of carbonyl (C=O) groups is 5. The van der Waals surface area contributed by atoms with Crippen LogP contribution >= 0.6 is 0 Å². The molecule has 2 aliphatic heterocycles. The van der Waals surface area contributed by atoms with Crippen molar-refractivity contribution in [3.8, 4) is 0 Å². The van der Waals surface area contributed by atoms with Crippen LogP contribution in [0.3, 0.4) is 0 Å². The maximum atomic E-state index is 14.4. The van der Waals surface area contributed by atoms with Gasteiger partial charge >= 0.3 is 5.97 Å². The molecule has 3 fully saturated rings. The molecule has 212 valence electrons. The highest BCUT2D eigenvalue weighted by Crippen LogP contribution is 2.69. The van der Waals surface area contributed by atoms with Gasteiger partial charge in [-0.2, -0.15) is 0 Å². The quantitative estimate of drug-likeness (QED) is 0.411. The molecule has 8 heteroatoms. The lowest BCUT2D eigenvalue weighted by molar-refractivity contribution is -0.155. The summed E-state index contributed by atoms with van der Waals surface area (Å²) in [6.07, 6.45) is 0. The Labute approximate surface area is 239 Å². The van der Waals surface area contributed by atoms with Gasteiger partial charge in [-0.15, -0.1) is 0 Å². The van der Waals surface area contributed by atoms with Crippen LogP contribution in [0.5, 0.6) is 0 Å². The SMILES string of the molecule is CCOC(=O)C1=C(C)C2[C@H]3C(=O)N(c4cc(C)ccc4C)C(=O)[C@@H]3C1(C)[C@@H]1C(=O)N(c3cc(C)ccc3C)C(=O)[C@@H]21. The van der Waals surface area contributed by atoms with Gasteiger partial charge in [0.25, 0.3) is 0 Å². The Bertz CT molecular complexity index is 1520. The lowest BCUT2D eigenvalue weighted by Crippen LogP contribution is -2.61. The van der Waals surface area contributed by atoms with Gasteiger partial charge in [-0.05, 0) is 75.9 Å². The molecular formula is C33H34N2O6.